The molecule has 0 unspecified atom stereocenters. The number of aromatic nitrogens is 3. The van der Waals surface area contributed by atoms with Crippen molar-refractivity contribution in [2.45, 2.75) is 26.7 Å². The number of rotatable bonds is 3. The van der Waals surface area contributed by atoms with Gasteiger partial charge in [-0.15, -0.1) is 0 Å². The molecule has 3 aromatic rings. The molecule has 0 atom stereocenters. The van der Waals surface area contributed by atoms with Gasteiger partial charge in [0.2, 0.25) is 0 Å². The van der Waals surface area contributed by atoms with Gasteiger partial charge in [-0.1, -0.05) is 13.8 Å². The largest absolute Gasteiger partial charge is 0.342 e. The van der Waals surface area contributed by atoms with Crippen molar-refractivity contribution in [1.29, 1.82) is 0 Å². The van der Waals surface area contributed by atoms with E-state index in [0.29, 0.717) is 11.5 Å². The summed E-state index contributed by atoms with van der Waals surface area (Å²) >= 11 is 0. The van der Waals surface area contributed by atoms with E-state index >= 15 is 0 Å². The quantitative estimate of drug-likeness (QED) is 0.774. The Kier molecular flexibility index (Phi) is 3.63. The predicted octanol–water partition coefficient (Wildman–Crippen LogP) is 3.64. The van der Waals surface area contributed by atoms with Crippen LogP contribution in [0.4, 0.5) is 5.69 Å². The van der Waals surface area contributed by atoms with E-state index in [4.69, 9.17) is 0 Å². The molecule has 0 aliphatic heterocycles. The van der Waals surface area contributed by atoms with Crippen LogP contribution in [0.15, 0.2) is 36.5 Å². The van der Waals surface area contributed by atoms with Gasteiger partial charge in [-0.3, -0.25) is 9.78 Å². The van der Waals surface area contributed by atoms with Crippen molar-refractivity contribution in [2.75, 3.05) is 5.32 Å². The van der Waals surface area contributed by atoms with Crippen molar-refractivity contribution in [3.63, 3.8) is 0 Å². The maximum atomic E-state index is 12.3. The highest BCUT2D eigenvalue weighted by molar-refractivity contribution is 6.05. The van der Waals surface area contributed by atoms with Crippen LogP contribution < -0.4 is 5.32 Å². The molecule has 0 saturated carbocycles. The van der Waals surface area contributed by atoms with Gasteiger partial charge in [0.15, 0.2) is 0 Å². The number of aryl methyl sites for hydroxylation is 1. The molecule has 3 rings (SSSR count). The standard InChI is InChI=1S/C17H18N4O/c1-10(2)16-20-14-5-4-12(9-15(14)21-16)17(22)19-13-6-7-18-11(3)8-13/h4-10H,1-3H3,(H,20,21)(H,18,19,22). The van der Waals surface area contributed by atoms with Gasteiger partial charge >= 0.3 is 0 Å². The van der Waals surface area contributed by atoms with E-state index in [1.165, 1.54) is 0 Å². The maximum absolute atomic E-state index is 12.3. The van der Waals surface area contributed by atoms with Crippen LogP contribution in [0.25, 0.3) is 11.0 Å². The second kappa shape index (κ2) is 5.60. The highest BCUT2D eigenvalue weighted by Gasteiger charge is 2.11. The Balaban J connectivity index is 1.87. The highest BCUT2D eigenvalue weighted by atomic mass is 16.1. The topological polar surface area (TPSA) is 70.7 Å². The Morgan fingerprint density at radius 1 is 1.23 bits per heavy atom. The van der Waals surface area contributed by atoms with Gasteiger partial charge in [0.05, 0.1) is 11.0 Å². The number of carbonyl (C=O) groups excluding carboxylic acids is 1. The lowest BCUT2D eigenvalue weighted by Gasteiger charge is -2.05. The molecule has 22 heavy (non-hydrogen) atoms. The summed E-state index contributed by atoms with van der Waals surface area (Å²) < 4.78 is 0. The molecule has 0 bridgehead atoms. The number of carbonyl (C=O) groups is 1. The van der Waals surface area contributed by atoms with Crippen LogP contribution in [0.2, 0.25) is 0 Å². The average molecular weight is 294 g/mol. The molecule has 0 radical (unpaired) electrons. The number of H-pyrrole nitrogens is 1. The van der Waals surface area contributed by atoms with E-state index in [1.807, 2.05) is 25.1 Å². The van der Waals surface area contributed by atoms with Gasteiger partial charge in [0, 0.05) is 29.1 Å². The number of nitrogens with one attached hydrogen (secondary N) is 2. The van der Waals surface area contributed by atoms with Crippen molar-refractivity contribution in [3.8, 4) is 0 Å². The highest BCUT2D eigenvalue weighted by Crippen LogP contribution is 2.19. The molecular weight excluding hydrogens is 276 g/mol. The third-order valence-corrected chi connectivity index (χ3v) is 3.46. The van der Waals surface area contributed by atoms with E-state index in [9.17, 15) is 4.79 Å². The Hall–Kier alpha value is -2.69. The molecule has 2 heterocycles. The number of pyridine rings is 1. The summed E-state index contributed by atoms with van der Waals surface area (Å²) in [5.41, 5.74) is 3.96. The third-order valence-electron chi connectivity index (χ3n) is 3.46. The Labute approximate surface area is 128 Å². The first-order chi connectivity index (χ1) is 10.5. The minimum Gasteiger partial charge on any atom is -0.342 e. The van der Waals surface area contributed by atoms with Gasteiger partial charge in [-0.25, -0.2) is 4.98 Å². The monoisotopic (exact) mass is 294 g/mol. The zero-order chi connectivity index (χ0) is 15.7. The third kappa shape index (κ3) is 2.83. The predicted molar refractivity (Wildman–Crippen MR) is 87.1 cm³/mol. The first kappa shape index (κ1) is 14.3. The lowest BCUT2D eigenvalue weighted by Crippen LogP contribution is -2.11. The lowest BCUT2D eigenvalue weighted by molar-refractivity contribution is 0.102. The molecule has 0 spiro atoms. The summed E-state index contributed by atoms with van der Waals surface area (Å²) in [7, 11) is 0. The number of fused-ring (bicyclic) bond motifs is 1. The summed E-state index contributed by atoms with van der Waals surface area (Å²) in [6, 6.07) is 9.10. The molecular formula is C17H18N4O. The molecule has 2 N–H and O–H groups in total. The molecule has 5 nitrogen and oxygen atoms in total. The number of anilines is 1. The molecule has 5 heteroatoms. The smallest absolute Gasteiger partial charge is 0.255 e. The summed E-state index contributed by atoms with van der Waals surface area (Å²) in [5, 5.41) is 2.88. The van der Waals surface area contributed by atoms with Crippen LogP contribution in [-0.4, -0.2) is 20.9 Å². The first-order valence-corrected chi connectivity index (χ1v) is 7.26. The summed E-state index contributed by atoms with van der Waals surface area (Å²) in [6.07, 6.45) is 1.68. The number of hydrogen-bond acceptors (Lipinski definition) is 3. The van der Waals surface area contributed by atoms with Crippen molar-refractivity contribution in [3.05, 3.63) is 53.6 Å². The Bertz CT molecular complexity index is 836. The van der Waals surface area contributed by atoms with Crippen molar-refractivity contribution < 1.29 is 4.79 Å². The zero-order valence-corrected chi connectivity index (χ0v) is 12.8. The van der Waals surface area contributed by atoms with E-state index in [1.54, 1.807) is 18.3 Å². The van der Waals surface area contributed by atoms with E-state index in [2.05, 4.69) is 34.1 Å². The SMILES string of the molecule is Cc1cc(NC(=O)c2ccc3nc(C(C)C)[nH]c3c2)ccn1. The van der Waals surface area contributed by atoms with Crippen LogP contribution in [-0.2, 0) is 0 Å². The molecule has 1 amide bonds. The van der Waals surface area contributed by atoms with Crippen molar-refractivity contribution in [1.82, 2.24) is 15.0 Å². The van der Waals surface area contributed by atoms with Gasteiger partial charge < -0.3 is 10.3 Å². The van der Waals surface area contributed by atoms with Crippen LogP contribution in [0.5, 0.6) is 0 Å². The number of amides is 1. The van der Waals surface area contributed by atoms with E-state index in [-0.39, 0.29) is 5.91 Å². The molecule has 1 aromatic carbocycles. The number of benzene rings is 1. The first-order valence-electron chi connectivity index (χ1n) is 7.26. The number of aromatic amines is 1. The minimum atomic E-state index is -0.145. The second-order valence-corrected chi connectivity index (χ2v) is 5.65. The normalized spacial score (nSPS) is 11.1. The molecule has 0 aliphatic carbocycles. The van der Waals surface area contributed by atoms with Crippen molar-refractivity contribution >= 4 is 22.6 Å². The van der Waals surface area contributed by atoms with Gasteiger partial charge in [-0.05, 0) is 37.3 Å². The fraction of sp³-hybridized carbons (Fsp3) is 0.235. The Morgan fingerprint density at radius 3 is 2.77 bits per heavy atom. The Morgan fingerprint density at radius 2 is 2.05 bits per heavy atom. The van der Waals surface area contributed by atoms with Crippen LogP contribution in [0.1, 0.15) is 41.6 Å². The van der Waals surface area contributed by atoms with Gasteiger partial charge in [0.25, 0.3) is 5.91 Å². The fourth-order valence-corrected chi connectivity index (χ4v) is 2.27. The van der Waals surface area contributed by atoms with Crippen molar-refractivity contribution in [2.24, 2.45) is 0 Å². The van der Waals surface area contributed by atoms with E-state index < -0.39 is 0 Å². The summed E-state index contributed by atoms with van der Waals surface area (Å²) in [5.74, 6) is 1.11. The summed E-state index contributed by atoms with van der Waals surface area (Å²) in [4.78, 5) is 24.2. The molecule has 0 saturated heterocycles. The molecule has 0 aliphatic rings. The number of imidazole rings is 1. The lowest BCUT2D eigenvalue weighted by atomic mass is 10.2. The van der Waals surface area contributed by atoms with Gasteiger partial charge in [0.1, 0.15) is 5.82 Å². The summed E-state index contributed by atoms with van der Waals surface area (Å²) in [6.45, 7) is 6.05. The second-order valence-electron chi connectivity index (χ2n) is 5.65. The number of hydrogen-bond donors (Lipinski definition) is 2. The van der Waals surface area contributed by atoms with Crippen LogP contribution in [0, 0.1) is 6.92 Å². The maximum Gasteiger partial charge on any atom is 0.255 e. The minimum absolute atomic E-state index is 0.145. The molecule has 112 valence electrons. The van der Waals surface area contributed by atoms with Crippen LogP contribution >= 0.6 is 0 Å². The number of nitrogens with zero attached hydrogens (tertiary/aromatic N) is 2. The fourth-order valence-electron chi connectivity index (χ4n) is 2.27. The zero-order valence-electron chi connectivity index (χ0n) is 12.8. The van der Waals surface area contributed by atoms with Gasteiger partial charge in [-0.2, -0.15) is 0 Å². The molecule has 0 fully saturated rings. The molecule has 2 aromatic heterocycles. The average Bonchev–Trinajstić information content (AvgIpc) is 2.90. The van der Waals surface area contributed by atoms with E-state index in [0.717, 1.165) is 28.2 Å². The van der Waals surface area contributed by atoms with Crippen LogP contribution in [0.3, 0.4) is 0 Å².